The zero-order valence-electron chi connectivity index (χ0n) is 14.5. The van der Waals surface area contributed by atoms with Gasteiger partial charge in [0.05, 0.1) is 4.91 Å². The molecule has 2 aromatic rings. The number of rotatable bonds is 6. The summed E-state index contributed by atoms with van der Waals surface area (Å²) in [5.74, 6) is -0.275. The number of aromatic hydroxyl groups is 1. The molecule has 1 aliphatic heterocycles. The van der Waals surface area contributed by atoms with Gasteiger partial charge < -0.3 is 10.4 Å². The molecule has 1 aromatic heterocycles. The van der Waals surface area contributed by atoms with Crippen LogP contribution in [0.5, 0.6) is 5.75 Å². The molecule has 2 heterocycles. The van der Waals surface area contributed by atoms with E-state index in [4.69, 9.17) is 12.2 Å². The molecule has 0 radical (unpaired) electrons. The van der Waals surface area contributed by atoms with Crippen molar-refractivity contribution in [3.8, 4) is 5.75 Å². The number of hydrogen-bond acceptors (Lipinski definition) is 6. The van der Waals surface area contributed by atoms with Crippen molar-refractivity contribution in [2.75, 3.05) is 6.54 Å². The summed E-state index contributed by atoms with van der Waals surface area (Å²) in [6.07, 6.45) is 2.44. The van der Waals surface area contributed by atoms with E-state index < -0.39 is 6.04 Å². The number of phenols is 1. The maximum absolute atomic E-state index is 12.7. The third-order valence-corrected chi connectivity index (χ3v) is 6.21. The number of benzene rings is 1. The highest BCUT2D eigenvalue weighted by atomic mass is 32.2. The molecule has 5 nitrogen and oxygen atoms in total. The van der Waals surface area contributed by atoms with Crippen molar-refractivity contribution in [1.29, 1.82) is 0 Å². The second kappa shape index (κ2) is 8.69. The van der Waals surface area contributed by atoms with E-state index in [0.29, 0.717) is 22.2 Å². The smallest absolute Gasteiger partial charge is 0.266 e. The van der Waals surface area contributed by atoms with Gasteiger partial charge in [0.15, 0.2) is 0 Å². The molecule has 2 N–H and O–H groups in total. The minimum absolute atomic E-state index is 0.210. The van der Waals surface area contributed by atoms with E-state index in [1.807, 2.05) is 29.6 Å². The van der Waals surface area contributed by atoms with Crippen LogP contribution in [-0.4, -0.2) is 38.7 Å². The highest BCUT2D eigenvalue weighted by Gasteiger charge is 2.38. The van der Waals surface area contributed by atoms with Gasteiger partial charge >= 0.3 is 0 Å². The zero-order valence-corrected chi connectivity index (χ0v) is 17.0. The number of carbonyl (C=O) groups excluding carboxylic acids is 2. The molecule has 1 saturated heterocycles. The summed E-state index contributed by atoms with van der Waals surface area (Å²) >= 11 is 8.07. The molecule has 0 saturated carbocycles. The van der Waals surface area contributed by atoms with Gasteiger partial charge in [-0.1, -0.05) is 42.2 Å². The molecule has 0 spiro atoms. The van der Waals surface area contributed by atoms with Crippen LogP contribution < -0.4 is 5.32 Å². The fraction of sp³-hybridized carbons (Fsp3) is 0.211. The molecule has 1 unspecified atom stereocenters. The number of nitrogens with zero attached hydrogens (tertiary/aromatic N) is 1. The van der Waals surface area contributed by atoms with Gasteiger partial charge in [0.1, 0.15) is 16.1 Å². The fourth-order valence-corrected chi connectivity index (χ4v) is 4.72. The van der Waals surface area contributed by atoms with Crippen LogP contribution in [0.15, 0.2) is 46.7 Å². The van der Waals surface area contributed by atoms with Crippen LogP contribution in [-0.2, 0) is 16.0 Å². The Kier molecular flexibility index (Phi) is 6.30. The van der Waals surface area contributed by atoms with E-state index in [1.165, 1.54) is 16.7 Å². The summed E-state index contributed by atoms with van der Waals surface area (Å²) in [7, 11) is 0. The lowest BCUT2D eigenvalue weighted by Gasteiger charge is -2.22. The largest absolute Gasteiger partial charge is 0.508 e. The number of thioether (sulfide) groups is 1. The predicted molar refractivity (Wildman–Crippen MR) is 114 cm³/mol. The second-order valence-electron chi connectivity index (χ2n) is 5.95. The van der Waals surface area contributed by atoms with Crippen molar-refractivity contribution < 1.29 is 14.7 Å². The Balaban J connectivity index is 1.58. The van der Waals surface area contributed by atoms with Gasteiger partial charge in [0.2, 0.25) is 5.91 Å². The topological polar surface area (TPSA) is 69.6 Å². The number of nitrogens with one attached hydrogen (secondary N) is 1. The maximum Gasteiger partial charge on any atom is 0.266 e. The number of hydrogen-bond donors (Lipinski definition) is 2. The lowest BCUT2D eigenvalue weighted by Crippen LogP contribution is -2.47. The van der Waals surface area contributed by atoms with Gasteiger partial charge in [-0.3, -0.25) is 14.5 Å². The molecule has 0 bridgehead atoms. The summed E-state index contributed by atoms with van der Waals surface area (Å²) < 4.78 is 0.393. The third-order valence-electron chi connectivity index (χ3n) is 4.06. The van der Waals surface area contributed by atoms with Crippen molar-refractivity contribution in [3.63, 3.8) is 0 Å². The van der Waals surface area contributed by atoms with Gasteiger partial charge in [-0.05, 0) is 48.6 Å². The SMILES string of the molecule is CC(C(=O)NCCc1ccc(O)cc1)N1C(=O)/C(=C/c2cccs2)SC1=S. The van der Waals surface area contributed by atoms with E-state index in [2.05, 4.69) is 5.32 Å². The van der Waals surface area contributed by atoms with Gasteiger partial charge in [0.25, 0.3) is 5.91 Å². The van der Waals surface area contributed by atoms with Gasteiger partial charge in [0, 0.05) is 11.4 Å². The summed E-state index contributed by atoms with van der Waals surface area (Å²) in [5.41, 5.74) is 1.00. The summed E-state index contributed by atoms with van der Waals surface area (Å²) in [6.45, 7) is 2.11. The Morgan fingerprint density at radius 3 is 2.74 bits per heavy atom. The molecule has 8 heteroatoms. The Hall–Kier alpha value is -2.16. The molecular weight excluding hydrogens is 400 g/mol. The second-order valence-corrected chi connectivity index (χ2v) is 8.61. The summed E-state index contributed by atoms with van der Waals surface area (Å²) in [6, 6.07) is 10.0. The Morgan fingerprint density at radius 2 is 2.07 bits per heavy atom. The van der Waals surface area contributed by atoms with Crippen LogP contribution in [0, 0.1) is 0 Å². The highest BCUT2D eigenvalue weighted by Crippen LogP contribution is 2.34. The van der Waals surface area contributed by atoms with Crippen LogP contribution in [0.3, 0.4) is 0 Å². The van der Waals surface area contributed by atoms with Crippen molar-refractivity contribution >= 4 is 57.5 Å². The number of thiocarbonyl (C=S) groups is 1. The minimum Gasteiger partial charge on any atom is -0.508 e. The highest BCUT2D eigenvalue weighted by molar-refractivity contribution is 8.26. The van der Waals surface area contributed by atoms with E-state index in [0.717, 1.165) is 10.4 Å². The molecule has 1 aromatic carbocycles. The Morgan fingerprint density at radius 1 is 1.33 bits per heavy atom. The van der Waals surface area contributed by atoms with Crippen LogP contribution in [0.1, 0.15) is 17.4 Å². The number of thiophene rings is 1. The van der Waals surface area contributed by atoms with E-state index in [-0.39, 0.29) is 17.6 Å². The number of carbonyl (C=O) groups is 2. The first-order valence-electron chi connectivity index (χ1n) is 8.32. The van der Waals surface area contributed by atoms with Crippen molar-refractivity contribution in [3.05, 3.63) is 57.1 Å². The van der Waals surface area contributed by atoms with Crippen molar-refractivity contribution in [2.45, 2.75) is 19.4 Å². The quantitative estimate of drug-likeness (QED) is 0.556. The van der Waals surface area contributed by atoms with Gasteiger partial charge in [-0.2, -0.15) is 0 Å². The van der Waals surface area contributed by atoms with Gasteiger partial charge in [-0.25, -0.2) is 0 Å². The zero-order chi connectivity index (χ0) is 19.4. The summed E-state index contributed by atoms with van der Waals surface area (Å²) in [5, 5.41) is 14.1. The first-order valence-corrected chi connectivity index (χ1v) is 10.4. The van der Waals surface area contributed by atoms with Crippen molar-refractivity contribution in [1.82, 2.24) is 10.2 Å². The number of phenolic OH excluding ortho intramolecular Hbond substituents is 1. The van der Waals surface area contributed by atoms with Crippen LogP contribution in [0.25, 0.3) is 6.08 Å². The third kappa shape index (κ3) is 4.77. The number of amides is 2. The molecule has 1 fully saturated rings. The minimum atomic E-state index is -0.674. The molecule has 0 aliphatic carbocycles. The first-order chi connectivity index (χ1) is 13.0. The van der Waals surface area contributed by atoms with Crippen molar-refractivity contribution in [2.24, 2.45) is 0 Å². The molecule has 140 valence electrons. The predicted octanol–water partition coefficient (Wildman–Crippen LogP) is 3.40. The molecular formula is C19H18N2O3S3. The molecule has 1 atom stereocenters. The Labute approximate surface area is 171 Å². The lowest BCUT2D eigenvalue weighted by molar-refractivity contribution is -0.132. The van der Waals surface area contributed by atoms with Crippen LogP contribution in [0.2, 0.25) is 0 Å². The molecule has 2 amide bonds. The lowest BCUT2D eigenvalue weighted by atomic mass is 10.1. The first kappa shape index (κ1) is 19.6. The monoisotopic (exact) mass is 418 g/mol. The molecule has 3 rings (SSSR count). The average molecular weight is 419 g/mol. The van der Waals surface area contributed by atoms with E-state index >= 15 is 0 Å². The normalized spacial score (nSPS) is 16.8. The van der Waals surface area contributed by atoms with Crippen LogP contribution >= 0.6 is 35.3 Å². The van der Waals surface area contributed by atoms with E-state index in [9.17, 15) is 14.7 Å². The Bertz CT molecular complexity index is 876. The maximum atomic E-state index is 12.7. The van der Waals surface area contributed by atoms with E-state index in [1.54, 1.807) is 36.5 Å². The van der Waals surface area contributed by atoms with Gasteiger partial charge in [-0.15, -0.1) is 11.3 Å². The summed E-state index contributed by atoms with van der Waals surface area (Å²) in [4.78, 5) is 28.0. The van der Waals surface area contributed by atoms with Crippen LogP contribution in [0.4, 0.5) is 0 Å². The standard InChI is InChI=1S/C19H18N2O3S3/c1-12(17(23)20-9-8-13-4-6-14(22)7-5-13)21-18(24)16(27-19(21)25)11-15-3-2-10-26-15/h2-7,10-12,22H,8-9H2,1H3,(H,20,23)/b16-11-. The molecule has 27 heavy (non-hydrogen) atoms. The average Bonchev–Trinajstić information content (AvgIpc) is 3.24. The fourth-order valence-electron chi connectivity index (χ4n) is 2.57. The molecule has 1 aliphatic rings.